The number of amides is 1. The van der Waals surface area contributed by atoms with E-state index < -0.39 is 28.3 Å². The third-order valence-corrected chi connectivity index (χ3v) is 12.5. The highest BCUT2D eigenvalue weighted by atomic mass is 32.2. The second kappa shape index (κ2) is 19.4. The molecule has 0 saturated carbocycles. The van der Waals surface area contributed by atoms with Crippen molar-refractivity contribution in [2.45, 2.75) is 81.2 Å². The molecule has 10 nitrogen and oxygen atoms in total. The fraction of sp³-hybridized carbons (Fsp3) is 0.340. The molecule has 5 atom stereocenters. The van der Waals surface area contributed by atoms with Gasteiger partial charge in [-0.25, -0.2) is 8.42 Å². The summed E-state index contributed by atoms with van der Waals surface area (Å²) in [5, 5.41) is 12.6. The number of carbonyl (C=O) groups excluding carboxylic acids is 1. The molecule has 2 aliphatic rings. The number of likely N-dealkylation sites (tertiary alicyclic amines) is 1. The Bertz CT molecular complexity index is 2200. The first-order valence-electron chi connectivity index (χ1n) is 20.0. The van der Waals surface area contributed by atoms with Crippen LogP contribution in [0.1, 0.15) is 65.0 Å². The molecule has 2 saturated heterocycles. The number of hydrogen-bond donors (Lipinski definition) is 3. The largest absolute Gasteiger partial charge is 0.392 e. The van der Waals surface area contributed by atoms with Gasteiger partial charge in [0.1, 0.15) is 6.04 Å². The van der Waals surface area contributed by atoms with Crippen LogP contribution < -0.4 is 10.0 Å². The summed E-state index contributed by atoms with van der Waals surface area (Å²) in [4.78, 5) is 16.2. The molecule has 0 unspecified atom stereocenters. The van der Waals surface area contributed by atoms with Gasteiger partial charge in [0.25, 0.3) is 0 Å². The van der Waals surface area contributed by atoms with Crippen molar-refractivity contribution in [2.24, 2.45) is 0 Å². The number of benzene rings is 5. The van der Waals surface area contributed by atoms with E-state index in [-0.39, 0.29) is 36.7 Å². The zero-order valence-electron chi connectivity index (χ0n) is 33.1. The van der Waals surface area contributed by atoms with Crippen LogP contribution in [-0.4, -0.2) is 69.3 Å². The van der Waals surface area contributed by atoms with E-state index in [1.54, 1.807) is 31.4 Å². The van der Waals surface area contributed by atoms with Crippen molar-refractivity contribution in [1.29, 1.82) is 0 Å². The van der Waals surface area contributed by atoms with Crippen LogP contribution in [0.3, 0.4) is 0 Å². The molecule has 0 bridgehead atoms. The van der Waals surface area contributed by atoms with Crippen LogP contribution in [-0.2, 0) is 48.6 Å². The molecule has 3 N–H and O–H groups in total. The lowest BCUT2D eigenvalue weighted by Crippen LogP contribution is -2.47. The molecule has 0 aromatic heterocycles. The number of ether oxygens (including phenoxy) is 3. The maximum Gasteiger partial charge on any atom is 0.241 e. The monoisotopic (exact) mass is 803 g/mol. The quantitative estimate of drug-likeness (QED) is 0.0973. The molecule has 304 valence electrons. The summed E-state index contributed by atoms with van der Waals surface area (Å²) in [6.07, 6.45) is 2.40. The number of sulfonamides is 1. The first-order chi connectivity index (χ1) is 28.2. The maximum atomic E-state index is 13.7. The molecule has 2 fully saturated rings. The van der Waals surface area contributed by atoms with Crippen molar-refractivity contribution in [3.05, 3.63) is 161 Å². The summed E-state index contributed by atoms with van der Waals surface area (Å²) in [7, 11) is -2.20. The molecule has 2 aliphatic heterocycles. The molecule has 0 aliphatic carbocycles. The molecule has 0 radical (unpaired) electrons. The van der Waals surface area contributed by atoms with Gasteiger partial charge >= 0.3 is 0 Å². The van der Waals surface area contributed by atoms with E-state index in [4.69, 9.17) is 14.2 Å². The van der Waals surface area contributed by atoms with E-state index in [1.165, 1.54) is 0 Å². The zero-order valence-corrected chi connectivity index (χ0v) is 33.9. The normalized spacial score (nSPS) is 20.5. The summed E-state index contributed by atoms with van der Waals surface area (Å²) in [5.41, 5.74) is 7.46. The minimum atomic E-state index is -3.96. The van der Waals surface area contributed by atoms with Gasteiger partial charge in [0.05, 0.1) is 30.3 Å². The maximum absolute atomic E-state index is 13.7. The Morgan fingerprint density at radius 3 is 2.29 bits per heavy atom. The highest BCUT2D eigenvalue weighted by Gasteiger charge is 2.35. The molecule has 11 heteroatoms. The van der Waals surface area contributed by atoms with Crippen LogP contribution in [0.2, 0.25) is 0 Å². The molecule has 5 aromatic carbocycles. The molecule has 5 aromatic rings. The smallest absolute Gasteiger partial charge is 0.241 e. The summed E-state index contributed by atoms with van der Waals surface area (Å²) >= 11 is 0. The van der Waals surface area contributed by atoms with Crippen molar-refractivity contribution in [2.75, 3.05) is 26.8 Å². The molecule has 0 spiro atoms. The highest BCUT2D eigenvalue weighted by Crippen LogP contribution is 2.39. The van der Waals surface area contributed by atoms with Crippen LogP contribution in [0.25, 0.3) is 11.1 Å². The number of rotatable bonds is 16. The van der Waals surface area contributed by atoms with E-state index >= 15 is 0 Å². The standard InChI is InChI=1S/C47H53N3O7S/c1-33-13-23-43(24-14-33)58(53,54)49-44(27-34-8-4-3-5-9-34)46(52)48-29-36-10-6-11-40(26-36)37-19-21-39(22-20-37)47-56-42(30-50-25-7-12-41(50)32-55-2)28-45(57-47)38-17-15-35(31-51)16-18-38/h3-6,8-11,13-24,26,41-42,44-45,47,49,51H,7,12,25,27-32H2,1-2H3,(H,48,52)/t41-,42-,44+,45+,47+/m0/s1. The Hall–Kier alpha value is -4.72. The van der Waals surface area contributed by atoms with E-state index in [9.17, 15) is 18.3 Å². The van der Waals surface area contributed by atoms with Gasteiger partial charge in [0.2, 0.25) is 15.9 Å². The number of methoxy groups -OCH3 is 1. The molecule has 7 rings (SSSR count). The minimum Gasteiger partial charge on any atom is -0.392 e. The van der Waals surface area contributed by atoms with E-state index in [2.05, 4.69) is 27.1 Å². The van der Waals surface area contributed by atoms with Gasteiger partial charge in [-0.2, -0.15) is 4.72 Å². The number of aryl methyl sites for hydroxylation is 1. The predicted molar refractivity (Wildman–Crippen MR) is 224 cm³/mol. The number of nitrogens with zero attached hydrogens (tertiary/aromatic N) is 1. The summed E-state index contributed by atoms with van der Waals surface area (Å²) in [6.45, 7) is 4.63. The first kappa shape index (κ1) is 41.4. The Morgan fingerprint density at radius 2 is 1.57 bits per heavy atom. The summed E-state index contributed by atoms with van der Waals surface area (Å²) < 4.78 is 48.2. The van der Waals surface area contributed by atoms with Gasteiger partial charge in [0.15, 0.2) is 6.29 Å². The van der Waals surface area contributed by atoms with Crippen molar-refractivity contribution in [3.8, 4) is 11.1 Å². The number of hydrogen-bond acceptors (Lipinski definition) is 8. The Labute approximate surface area is 342 Å². The Balaban J connectivity index is 1.04. The topological polar surface area (TPSA) is 126 Å². The Morgan fingerprint density at radius 1 is 0.845 bits per heavy atom. The average Bonchev–Trinajstić information content (AvgIpc) is 3.69. The van der Waals surface area contributed by atoms with Gasteiger partial charge in [-0.3, -0.25) is 9.69 Å². The SMILES string of the molecule is COC[C@@H]1CCCN1C[C@@H]1C[C@H](c2ccc(CO)cc2)O[C@H](c2ccc(-c3cccc(CNC(=O)[C@@H](Cc4ccccc4)NS(=O)(=O)c4ccc(C)cc4)c3)cc2)O1. The van der Waals surface area contributed by atoms with Gasteiger partial charge in [0, 0.05) is 38.2 Å². The average molecular weight is 804 g/mol. The number of carbonyl (C=O) groups is 1. The van der Waals surface area contributed by atoms with Crippen LogP contribution in [0.4, 0.5) is 0 Å². The predicted octanol–water partition coefficient (Wildman–Crippen LogP) is 7.02. The number of aliphatic hydroxyl groups is 1. The lowest BCUT2D eigenvalue weighted by molar-refractivity contribution is -0.253. The molecular weight excluding hydrogens is 751 g/mol. The van der Waals surface area contributed by atoms with Gasteiger partial charge < -0.3 is 24.6 Å². The molecule has 1 amide bonds. The van der Waals surface area contributed by atoms with Gasteiger partial charge in [-0.15, -0.1) is 0 Å². The molecule has 58 heavy (non-hydrogen) atoms. The van der Waals surface area contributed by atoms with Crippen molar-refractivity contribution < 1.29 is 32.5 Å². The summed E-state index contributed by atoms with van der Waals surface area (Å²) in [6, 6.07) is 39.4. The lowest BCUT2D eigenvalue weighted by atomic mass is 9.98. The van der Waals surface area contributed by atoms with Crippen molar-refractivity contribution >= 4 is 15.9 Å². The van der Waals surface area contributed by atoms with Crippen LogP contribution >= 0.6 is 0 Å². The van der Waals surface area contributed by atoms with E-state index in [1.807, 2.05) is 97.9 Å². The third kappa shape index (κ3) is 10.7. The van der Waals surface area contributed by atoms with Crippen LogP contribution in [0.5, 0.6) is 0 Å². The van der Waals surface area contributed by atoms with Crippen molar-refractivity contribution in [1.82, 2.24) is 14.9 Å². The number of nitrogens with one attached hydrogen (secondary N) is 2. The van der Waals surface area contributed by atoms with Crippen LogP contribution in [0.15, 0.2) is 132 Å². The molecule has 2 heterocycles. The third-order valence-electron chi connectivity index (χ3n) is 11.0. The second-order valence-corrected chi connectivity index (χ2v) is 17.0. The van der Waals surface area contributed by atoms with Gasteiger partial charge in [-0.1, -0.05) is 115 Å². The second-order valence-electron chi connectivity index (χ2n) is 15.3. The lowest BCUT2D eigenvalue weighted by Gasteiger charge is -2.38. The number of aliphatic hydroxyl groups excluding tert-OH is 1. The fourth-order valence-electron chi connectivity index (χ4n) is 7.83. The van der Waals surface area contributed by atoms with E-state index in [0.29, 0.717) is 12.6 Å². The highest BCUT2D eigenvalue weighted by molar-refractivity contribution is 7.89. The fourth-order valence-corrected chi connectivity index (χ4v) is 9.02. The Kier molecular flexibility index (Phi) is 13.8. The van der Waals surface area contributed by atoms with Gasteiger partial charge in [-0.05, 0) is 84.3 Å². The first-order valence-corrected chi connectivity index (χ1v) is 21.5. The van der Waals surface area contributed by atoms with Crippen molar-refractivity contribution in [3.63, 3.8) is 0 Å². The molecular formula is C47H53N3O7S. The van der Waals surface area contributed by atoms with Crippen LogP contribution in [0, 0.1) is 6.92 Å². The summed E-state index contributed by atoms with van der Waals surface area (Å²) in [5.74, 6) is -0.415. The zero-order chi connectivity index (χ0) is 40.5. The minimum absolute atomic E-state index is 0.00594. The van der Waals surface area contributed by atoms with E-state index in [0.717, 1.165) is 76.9 Å².